The van der Waals surface area contributed by atoms with E-state index in [0.29, 0.717) is 18.8 Å². The zero-order valence-corrected chi connectivity index (χ0v) is 14.9. The van der Waals surface area contributed by atoms with Gasteiger partial charge in [-0.15, -0.1) is 0 Å². The quantitative estimate of drug-likeness (QED) is 0.806. The molecule has 3 rings (SSSR count). The molecule has 1 saturated heterocycles. The summed E-state index contributed by atoms with van der Waals surface area (Å²) >= 11 is 0. The van der Waals surface area contributed by atoms with Gasteiger partial charge in [-0.1, -0.05) is 18.2 Å². The van der Waals surface area contributed by atoms with Crippen LogP contribution in [0.2, 0.25) is 0 Å². The number of piperidine rings is 1. The lowest BCUT2D eigenvalue weighted by atomic mass is 9.79. The second-order valence-corrected chi connectivity index (χ2v) is 6.67. The molecule has 0 bridgehead atoms. The van der Waals surface area contributed by atoms with Crippen LogP contribution in [0.1, 0.15) is 23.3 Å². The maximum Gasteiger partial charge on any atom is 0.271 e. The molecule has 1 aromatic carbocycles. The lowest BCUT2D eigenvalue weighted by Crippen LogP contribution is -2.47. The maximum absolute atomic E-state index is 12.6. The van der Waals surface area contributed by atoms with Crippen LogP contribution in [0.5, 0.6) is 0 Å². The number of nitrogens with zero attached hydrogens (tertiary/aromatic N) is 2. The zero-order chi connectivity index (χ0) is 18.4. The molecule has 0 atom stereocenters. The van der Waals surface area contributed by atoms with Crippen molar-refractivity contribution in [2.24, 2.45) is 5.41 Å². The van der Waals surface area contributed by atoms with Crippen LogP contribution in [-0.2, 0) is 4.74 Å². The molecule has 2 aromatic rings. The third-order valence-electron chi connectivity index (χ3n) is 4.77. The molecule has 1 amide bonds. The molecular formula is C19H24N4O3. The summed E-state index contributed by atoms with van der Waals surface area (Å²) in [5.41, 5.74) is 0.502. The highest BCUT2D eigenvalue weighted by molar-refractivity contribution is 5.92. The summed E-state index contributed by atoms with van der Waals surface area (Å²) in [4.78, 5) is 24.7. The number of carbonyl (C=O) groups is 1. The van der Waals surface area contributed by atoms with Gasteiger partial charge in [0, 0.05) is 25.1 Å². The molecule has 0 spiro atoms. The van der Waals surface area contributed by atoms with Gasteiger partial charge < -0.3 is 15.4 Å². The normalized spacial score (nSPS) is 16.2. The highest BCUT2D eigenvalue weighted by atomic mass is 16.5. The summed E-state index contributed by atoms with van der Waals surface area (Å²) in [5.74, 6) is -0.288. The Kier molecular flexibility index (Phi) is 5.80. The van der Waals surface area contributed by atoms with Crippen molar-refractivity contribution in [3.63, 3.8) is 0 Å². The SMILES string of the molecule is COCC1(CNC(=O)c2ccc(=O)n(-c3ccccc3)n2)CCNCC1. The second-order valence-electron chi connectivity index (χ2n) is 6.67. The molecule has 138 valence electrons. The minimum atomic E-state index is -0.288. The fourth-order valence-corrected chi connectivity index (χ4v) is 3.28. The topological polar surface area (TPSA) is 85.2 Å². The number of carbonyl (C=O) groups excluding carboxylic acids is 1. The van der Waals surface area contributed by atoms with Crippen LogP contribution >= 0.6 is 0 Å². The molecular weight excluding hydrogens is 332 g/mol. The first-order valence-electron chi connectivity index (χ1n) is 8.77. The summed E-state index contributed by atoms with van der Waals surface area (Å²) in [6, 6.07) is 11.9. The first-order chi connectivity index (χ1) is 12.6. The first kappa shape index (κ1) is 18.3. The fraction of sp³-hybridized carbons (Fsp3) is 0.421. The molecule has 1 aliphatic rings. The van der Waals surface area contributed by atoms with Crippen LogP contribution in [0.25, 0.3) is 5.69 Å². The van der Waals surface area contributed by atoms with E-state index in [0.717, 1.165) is 25.9 Å². The van der Waals surface area contributed by atoms with Crippen molar-refractivity contribution in [2.75, 3.05) is 33.4 Å². The lowest BCUT2D eigenvalue weighted by Gasteiger charge is -2.37. The first-order valence-corrected chi connectivity index (χ1v) is 8.77. The third-order valence-corrected chi connectivity index (χ3v) is 4.77. The standard InChI is InChI=1S/C19H24N4O3/c1-26-14-19(9-11-20-12-10-19)13-21-18(25)16-7-8-17(24)23(22-16)15-5-3-2-4-6-15/h2-8,20H,9-14H2,1H3,(H,21,25). The van der Waals surface area contributed by atoms with E-state index in [9.17, 15) is 9.59 Å². The van der Waals surface area contributed by atoms with E-state index in [4.69, 9.17) is 4.74 Å². The second kappa shape index (κ2) is 8.25. The van der Waals surface area contributed by atoms with Crippen LogP contribution in [-0.4, -0.2) is 49.0 Å². The number of nitrogens with one attached hydrogen (secondary N) is 2. The molecule has 7 heteroatoms. The largest absolute Gasteiger partial charge is 0.384 e. The van der Waals surface area contributed by atoms with Crippen molar-refractivity contribution in [1.29, 1.82) is 0 Å². The molecule has 0 saturated carbocycles. The summed E-state index contributed by atoms with van der Waals surface area (Å²) in [6.07, 6.45) is 1.89. The zero-order valence-electron chi connectivity index (χ0n) is 14.9. The predicted molar refractivity (Wildman–Crippen MR) is 98.6 cm³/mol. The summed E-state index contributed by atoms with van der Waals surface area (Å²) in [7, 11) is 1.68. The molecule has 2 heterocycles. The van der Waals surface area contributed by atoms with Gasteiger partial charge in [0.1, 0.15) is 5.69 Å². The average molecular weight is 356 g/mol. The Balaban J connectivity index is 1.75. The molecule has 0 aliphatic carbocycles. The van der Waals surface area contributed by atoms with Crippen molar-refractivity contribution in [3.8, 4) is 5.69 Å². The number of hydrogen-bond donors (Lipinski definition) is 2. The van der Waals surface area contributed by atoms with Gasteiger partial charge in [-0.2, -0.15) is 9.78 Å². The number of hydrogen-bond acceptors (Lipinski definition) is 5. The number of ether oxygens (including phenoxy) is 1. The van der Waals surface area contributed by atoms with Gasteiger partial charge in [-0.25, -0.2) is 0 Å². The van der Waals surface area contributed by atoms with Gasteiger partial charge in [0.2, 0.25) is 0 Å². The predicted octanol–water partition coefficient (Wildman–Crippen LogP) is 0.978. The Morgan fingerprint density at radius 3 is 2.65 bits per heavy atom. The number of amides is 1. The number of aromatic nitrogens is 2. The van der Waals surface area contributed by atoms with E-state index >= 15 is 0 Å². The van der Waals surface area contributed by atoms with Crippen LogP contribution in [0.15, 0.2) is 47.3 Å². The number of benzene rings is 1. The van der Waals surface area contributed by atoms with E-state index in [2.05, 4.69) is 15.7 Å². The third kappa shape index (κ3) is 4.17. The van der Waals surface area contributed by atoms with Crippen molar-refractivity contribution < 1.29 is 9.53 Å². The van der Waals surface area contributed by atoms with Crippen molar-refractivity contribution in [1.82, 2.24) is 20.4 Å². The summed E-state index contributed by atoms with van der Waals surface area (Å²) in [5, 5.41) is 10.5. The lowest BCUT2D eigenvalue weighted by molar-refractivity contribution is 0.0510. The molecule has 1 aromatic heterocycles. The monoisotopic (exact) mass is 356 g/mol. The van der Waals surface area contributed by atoms with Crippen molar-refractivity contribution in [3.05, 3.63) is 58.5 Å². The van der Waals surface area contributed by atoms with E-state index < -0.39 is 0 Å². The van der Waals surface area contributed by atoms with E-state index in [1.807, 2.05) is 18.2 Å². The highest BCUT2D eigenvalue weighted by Gasteiger charge is 2.32. The summed E-state index contributed by atoms with van der Waals surface area (Å²) < 4.78 is 6.62. The number of methoxy groups -OCH3 is 1. The van der Waals surface area contributed by atoms with E-state index in [1.165, 1.54) is 16.8 Å². The molecule has 7 nitrogen and oxygen atoms in total. The van der Waals surface area contributed by atoms with Crippen LogP contribution in [0, 0.1) is 5.41 Å². The van der Waals surface area contributed by atoms with Crippen LogP contribution in [0.3, 0.4) is 0 Å². The summed E-state index contributed by atoms with van der Waals surface area (Å²) in [6.45, 7) is 2.95. The van der Waals surface area contributed by atoms with Crippen molar-refractivity contribution >= 4 is 5.91 Å². The van der Waals surface area contributed by atoms with Gasteiger partial charge in [-0.3, -0.25) is 9.59 Å². The fourth-order valence-electron chi connectivity index (χ4n) is 3.28. The Hall–Kier alpha value is -2.51. The Bertz CT molecular complexity index is 792. The highest BCUT2D eigenvalue weighted by Crippen LogP contribution is 2.28. The van der Waals surface area contributed by atoms with Gasteiger partial charge >= 0.3 is 0 Å². The van der Waals surface area contributed by atoms with Gasteiger partial charge in [-0.05, 0) is 44.1 Å². The smallest absolute Gasteiger partial charge is 0.271 e. The van der Waals surface area contributed by atoms with Crippen LogP contribution in [0.4, 0.5) is 0 Å². The molecule has 0 unspecified atom stereocenters. The Morgan fingerprint density at radius 2 is 1.96 bits per heavy atom. The van der Waals surface area contributed by atoms with E-state index in [1.54, 1.807) is 19.2 Å². The molecule has 1 aliphatic heterocycles. The van der Waals surface area contributed by atoms with Crippen LogP contribution < -0.4 is 16.2 Å². The Labute approximate surface area is 152 Å². The minimum Gasteiger partial charge on any atom is -0.384 e. The maximum atomic E-state index is 12.6. The van der Waals surface area contributed by atoms with Crippen molar-refractivity contribution in [2.45, 2.75) is 12.8 Å². The molecule has 2 N–H and O–H groups in total. The minimum absolute atomic E-state index is 0.0659. The molecule has 0 radical (unpaired) electrons. The van der Waals surface area contributed by atoms with Gasteiger partial charge in [0.05, 0.1) is 12.3 Å². The molecule has 26 heavy (non-hydrogen) atoms. The van der Waals surface area contributed by atoms with Gasteiger partial charge in [0.15, 0.2) is 0 Å². The number of rotatable bonds is 6. The van der Waals surface area contributed by atoms with E-state index in [-0.39, 0.29) is 22.6 Å². The average Bonchev–Trinajstić information content (AvgIpc) is 2.68. The Morgan fingerprint density at radius 1 is 1.23 bits per heavy atom. The number of para-hydroxylation sites is 1. The molecule has 1 fully saturated rings. The van der Waals surface area contributed by atoms with Gasteiger partial charge in [0.25, 0.3) is 11.5 Å².